The van der Waals surface area contributed by atoms with Crippen LogP contribution in [-0.2, 0) is 14.8 Å². The van der Waals surface area contributed by atoms with Gasteiger partial charge in [-0.05, 0) is 57.0 Å². The van der Waals surface area contributed by atoms with Crippen molar-refractivity contribution in [3.8, 4) is 0 Å². The molecule has 1 amide bonds. The maximum atomic E-state index is 12.5. The average Bonchev–Trinajstić information content (AvgIpc) is 3.22. The Hall–Kier alpha value is -0.370. The fraction of sp³-hybridized carbons (Fsp3) is 0.938. The summed E-state index contributed by atoms with van der Waals surface area (Å²) < 4.78 is 25.7. The van der Waals surface area contributed by atoms with E-state index < -0.39 is 10.0 Å². The van der Waals surface area contributed by atoms with Gasteiger partial charge in [-0.2, -0.15) is 0 Å². The van der Waals surface area contributed by atoms with Crippen molar-refractivity contribution in [2.75, 3.05) is 31.9 Å². The lowest BCUT2D eigenvalue weighted by Crippen LogP contribution is -2.47. The van der Waals surface area contributed by atoms with Gasteiger partial charge in [0.05, 0.1) is 5.75 Å². The molecule has 3 rings (SSSR count). The average molecular weight is 380 g/mol. The summed E-state index contributed by atoms with van der Waals surface area (Å²) in [5.74, 6) is 0.607. The lowest BCUT2D eigenvalue weighted by molar-refractivity contribution is -0.124. The molecule has 2 saturated heterocycles. The molecule has 1 unspecified atom stereocenters. The number of carbonyl (C=O) groups excluding carboxylic acids is 1. The van der Waals surface area contributed by atoms with Gasteiger partial charge in [0.2, 0.25) is 15.9 Å². The first-order valence-corrected chi connectivity index (χ1v) is 10.6. The second-order valence-electron chi connectivity index (χ2n) is 7.37. The highest BCUT2D eigenvalue weighted by Crippen LogP contribution is 2.58. The molecule has 140 valence electrons. The van der Waals surface area contributed by atoms with Gasteiger partial charge in [0.15, 0.2) is 0 Å². The number of hydrogen-bond acceptors (Lipinski definition) is 4. The molecule has 2 N–H and O–H groups in total. The first-order valence-electron chi connectivity index (χ1n) is 8.96. The first-order chi connectivity index (χ1) is 11.0. The SMILES string of the molecule is CCCS(=O)(=O)N1CCC(NC(=O)C2CC23CCNCC3)CC1.Cl. The van der Waals surface area contributed by atoms with Crippen LogP contribution in [0.3, 0.4) is 0 Å². The van der Waals surface area contributed by atoms with Crippen molar-refractivity contribution in [3.05, 3.63) is 0 Å². The summed E-state index contributed by atoms with van der Waals surface area (Å²) in [7, 11) is -3.10. The van der Waals surface area contributed by atoms with E-state index in [1.165, 1.54) is 0 Å². The van der Waals surface area contributed by atoms with Crippen molar-refractivity contribution < 1.29 is 13.2 Å². The molecule has 1 aliphatic carbocycles. The maximum absolute atomic E-state index is 12.5. The van der Waals surface area contributed by atoms with Crippen LogP contribution in [0.5, 0.6) is 0 Å². The summed E-state index contributed by atoms with van der Waals surface area (Å²) in [6.45, 7) is 5.01. The molecule has 8 heteroatoms. The number of carbonyl (C=O) groups is 1. The van der Waals surface area contributed by atoms with Gasteiger partial charge in [-0.15, -0.1) is 12.4 Å². The summed E-state index contributed by atoms with van der Waals surface area (Å²) in [5.41, 5.74) is 0.264. The Morgan fingerprint density at radius 1 is 1.25 bits per heavy atom. The second kappa shape index (κ2) is 7.89. The van der Waals surface area contributed by atoms with E-state index in [1.54, 1.807) is 4.31 Å². The summed E-state index contributed by atoms with van der Waals surface area (Å²) >= 11 is 0. The Bertz CT molecular complexity index is 541. The number of amides is 1. The maximum Gasteiger partial charge on any atom is 0.223 e. The Kier molecular flexibility index (Phi) is 6.56. The zero-order valence-corrected chi connectivity index (χ0v) is 16.1. The largest absolute Gasteiger partial charge is 0.353 e. The summed E-state index contributed by atoms with van der Waals surface area (Å²) in [6.07, 6.45) is 5.37. The minimum atomic E-state index is -3.10. The van der Waals surface area contributed by atoms with Crippen LogP contribution in [0, 0.1) is 11.3 Å². The fourth-order valence-electron chi connectivity index (χ4n) is 4.16. The highest BCUT2D eigenvalue weighted by atomic mass is 35.5. The molecule has 0 aromatic heterocycles. The molecule has 1 spiro atoms. The Balaban J connectivity index is 0.00000208. The number of nitrogens with zero attached hydrogens (tertiary/aromatic N) is 1. The lowest BCUT2D eigenvalue weighted by atomic mass is 9.91. The molecule has 3 aliphatic rings. The summed E-state index contributed by atoms with van der Waals surface area (Å²) in [6, 6.07) is 0.134. The lowest BCUT2D eigenvalue weighted by Gasteiger charge is -2.32. The van der Waals surface area contributed by atoms with Crippen LogP contribution in [-0.4, -0.2) is 56.6 Å². The molecule has 0 bridgehead atoms. The molecule has 1 atom stereocenters. The molecular weight excluding hydrogens is 350 g/mol. The predicted octanol–water partition coefficient (Wildman–Crippen LogP) is 1.12. The van der Waals surface area contributed by atoms with E-state index in [4.69, 9.17) is 0 Å². The monoisotopic (exact) mass is 379 g/mol. The minimum Gasteiger partial charge on any atom is -0.353 e. The summed E-state index contributed by atoms with van der Waals surface area (Å²) in [5, 5.41) is 6.53. The van der Waals surface area contributed by atoms with Crippen LogP contribution in [0.2, 0.25) is 0 Å². The van der Waals surface area contributed by atoms with E-state index in [9.17, 15) is 13.2 Å². The van der Waals surface area contributed by atoms with E-state index in [0.29, 0.717) is 19.5 Å². The number of hydrogen-bond donors (Lipinski definition) is 2. The highest BCUT2D eigenvalue weighted by Gasteiger charge is 2.57. The van der Waals surface area contributed by atoms with Crippen LogP contribution in [0.15, 0.2) is 0 Å². The molecule has 0 aromatic carbocycles. The third kappa shape index (κ3) is 4.23. The third-order valence-corrected chi connectivity index (χ3v) is 7.84. The normalized spacial score (nSPS) is 27.5. The number of piperidine rings is 2. The molecule has 0 aromatic rings. The predicted molar refractivity (Wildman–Crippen MR) is 96.7 cm³/mol. The topological polar surface area (TPSA) is 78.5 Å². The minimum absolute atomic E-state index is 0. The molecule has 2 heterocycles. The van der Waals surface area contributed by atoms with E-state index in [0.717, 1.165) is 45.2 Å². The second-order valence-corrected chi connectivity index (χ2v) is 9.46. The van der Waals surface area contributed by atoms with Gasteiger partial charge in [0.1, 0.15) is 0 Å². The molecule has 0 radical (unpaired) electrons. The van der Waals surface area contributed by atoms with Gasteiger partial charge >= 0.3 is 0 Å². The molecule has 3 fully saturated rings. The van der Waals surface area contributed by atoms with Crippen molar-refractivity contribution >= 4 is 28.3 Å². The number of sulfonamides is 1. The molecule has 2 aliphatic heterocycles. The van der Waals surface area contributed by atoms with Gasteiger partial charge < -0.3 is 10.6 Å². The van der Waals surface area contributed by atoms with Crippen LogP contribution in [0.25, 0.3) is 0 Å². The zero-order chi connectivity index (χ0) is 16.5. The van der Waals surface area contributed by atoms with Crippen molar-refractivity contribution in [2.24, 2.45) is 11.3 Å². The Morgan fingerprint density at radius 3 is 2.46 bits per heavy atom. The number of rotatable bonds is 5. The van der Waals surface area contributed by atoms with E-state index in [1.807, 2.05) is 6.92 Å². The van der Waals surface area contributed by atoms with Gasteiger partial charge in [0, 0.05) is 25.0 Å². The number of nitrogens with one attached hydrogen (secondary N) is 2. The molecular formula is C16H30ClN3O3S. The van der Waals surface area contributed by atoms with Gasteiger partial charge in [-0.1, -0.05) is 6.92 Å². The molecule has 6 nitrogen and oxygen atoms in total. The van der Waals surface area contributed by atoms with Gasteiger partial charge in [0.25, 0.3) is 0 Å². The summed E-state index contributed by atoms with van der Waals surface area (Å²) in [4.78, 5) is 12.5. The quantitative estimate of drug-likeness (QED) is 0.750. The van der Waals surface area contributed by atoms with Gasteiger partial charge in [-0.25, -0.2) is 12.7 Å². The van der Waals surface area contributed by atoms with Crippen LogP contribution in [0.4, 0.5) is 0 Å². The van der Waals surface area contributed by atoms with E-state index in [-0.39, 0.29) is 41.4 Å². The Labute approximate surface area is 151 Å². The number of halogens is 1. The fourth-order valence-corrected chi connectivity index (χ4v) is 5.70. The van der Waals surface area contributed by atoms with E-state index in [2.05, 4.69) is 10.6 Å². The third-order valence-electron chi connectivity index (χ3n) is 5.76. The zero-order valence-electron chi connectivity index (χ0n) is 14.4. The van der Waals surface area contributed by atoms with Crippen LogP contribution in [0.1, 0.15) is 45.4 Å². The first kappa shape index (κ1) is 19.9. The van der Waals surface area contributed by atoms with Gasteiger partial charge in [-0.3, -0.25) is 4.79 Å². The molecule has 24 heavy (non-hydrogen) atoms. The highest BCUT2D eigenvalue weighted by molar-refractivity contribution is 7.89. The molecule has 1 saturated carbocycles. The van der Waals surface area contributed by atoms with Crippen molar-refractivity contribution in [1.82, 2.24) is 14.9 Å². The van der Waals surface area contributed by atoms with Crippen LogP contribution < -0.4 is 10.6 Å². The van der Waals surface area contributed by atoms with Crippen molar-refractivity contribution in [2.45, 2.75) is 51.5 Å². The standard InChI is InChI=1S/C16H29N3O3S.ClH/c1-2-11-23(21,22)19-9-3-13(4-10-19)18-15(20)14-12-16(14)5-7-17-8-6-16;/h13-14,17H,2-12H2,1H3,(H,18,20);1H. The smallest absolute Gasteiger partial charge is 0.223 e. The van der Waals surface area contributed by atoms with Crippen LogP contribution >= 0.6 is 12.4 Å². The van der Waals surface area contributed by atoms with E-state index >= 15 is 0 Å². The van der Waals surface area contributed by atoms with Crippen molar-refractivity contribution in [3.63, 3.8) is 0 Å². The van der Waals surface area contributed by atoms with Crippen molar-refractivity contribution in [1.29, 1.82) is 0 Å². The Morgan fingerprint density at radius 2 is 1.88 bits per heavy atom.